The normalized spacial score (nSPS) is 28.8. The van der Waals surface area contributed by atoms with Crippen LogP contribution in [0.15, 0.2) is 23.1 Å². The highest BCUT2D eigenvalue weighted by molar-refractivity contribution is 9.09. The van der Waals surface area contributed by atoms with Gasteiger partial charge in [0.25, 0.3) is 5.91 Å². The first-order valence-corrected chi connectivity index (χ1v) is 9.42. The lowest BCUT2D eigenvalue weighted by atomic mass is 10.0. The summed E-state index contributed by atoms with van der Waals surface area (Å²) in [7, 11) is 0. The molecule has 0 aromatic heterocycles. The van der Waals surface area contributed by atoms with E-state index >= 15 is 0 Å². The quantitative estimate of drug-likeness (QED) is 0.557. The molecule has 3 rings (SSSR count). The maximum absolute atomic E-state index is 12.9. The van der Waals surface area contributed by atoms with Crippen molar-refractivity contribution in [2.24, 2.45) is 0 Å². The van der Waals surface area contributed by atoms with Crippen LogP contribution < -0.4 is 0 Å². The molecular formula is C15H17BrClNOS. The Morgan fingerprint density at radius 1 is 1.35 bits per heavy atom. The summed E-state index contributed by atoms with van der Waals surface area (Å²) in [6, 6.07) is 6.47. The molecule has 2 heterocycles. The van der Waals surface area contributed by atoms with Gasteiger partial charge < -0.3 is 4.90 Å². The fourth-order valence-corrected chi connectivity index (χ4v) is 4.88. The van der Waals surface area contributed by atoms with Gasteiger partial charge in [-0.1, -0.05) is 27.5 Å². The smallest absolute Gasteiger partial charge is 0.255 e. The highest BCUT2D eigenvalue weighted by Crippen LogP contribution is 2.40. The Morgan fingerprint density at radius 3 is 2.60 bits per heavy atom. The fourth-order valence-electron chi connectivity index (χ4n) is 3.38. The van der Waals surface area contributed by atoms with Gasteiger partial charge in [0.1, 0.15) is 0 Å². The fraction of sp³-hybridized carbons (Fsp3) is 0.533. The Labute approximate surface area is 137 Å². The zero-order valence-corrected chi connectivity index (χ0v) is 14.5. The molecule has 2 saturated heterocycles. The van der Waals surface area contributed by atoms with E-state index in [1.807, 2.05) is 24.5 Å². The van der Waals surface area contributed by atoms with Crippen LogP contribution in [0.3, 0.4) is 0 Å². The van der Waals surface area contributed by atoms with Crippen molar-refractivity contribution >= 4 is 45.2 Å². The number of hydrogen-bond acceptors (Lipinski definition) is 2. The van der Waals surface area contributed by atoms with Gasteiger partial charge in [0.05, 0.1) is 10.6 Å². The second kappa shape index (κ2) is 5.90. The summed E-state index contributed by atoms with van der Waals surface area (Å²) in [6.07, 6.45) is 6.37. The minimum atomic E-state index is 0.109. The molecule has 20 heavy (non-hydrogen) atoms. The number of thioether (sulfide) groups is 1. The molecule has 0 saturated carbocycles. The second-order valence-corrected chi connectivity index (χ2v) is 8.09. The summed E-state index contributed by atoms with van der Waals surface area (Å²) in [6.45, 7) is 0. The Morgan fingerprint density at radius 2 is 2.00 bits per heavy atom. The molecular weight excluding hydrogens is 358 g/mol. The number of benzene rings is 1. The molecule has 2 nitrogen and oxygen atoms in total. The van der Waals surface area contributed by atoms with Crippen LogP contribution in [-0.2, 0) is 0 Å². The minimum Gasteiger partial charge on any atom is -0.333 e. The van der Waals surface area contributed by atoms with Crippen molar-refractivity contribution in [2.45, 2.75) is 47.5 Å². The number of nitrogens with zero attached hydrogens (tertiary/aromatic N) is 1. The molecule has 2 unspecified atom stereocenters. The lowest BCUT2D eigenvalue weighted by Crippen LogP contribution is -2.46. The van der Waals surface area contributed by atoms with Crippen molar-refractivity contribution in [2.75, 3.05) is 6.26 Å². The van der Waals surface area contributed by atoms with Gasteiger partial charge >= 0.3 is 0 Å². The van der Waals surface area contributed by atoms with E-state index in [1.54, 1.807) is 11.8 Å². The standard InChI is InChI=1S/C15H17BrClNOS/c1-20-12-4-5-14(17)13(8-12)15(19)18-10-2-3-11(18)7-9(16)6-10/h4-5,8-11H,2-3,6-7H2,1H3. The molecule has 0 radical (unpaired) electrons. The lowest BCUT2D eigenvalue weighted by Gasteiger charge is -2.37. The number of hydrogen-bond donors (Lipinski definition) is 0. The SMILES string of the molecule is CSc1ccc(Cl)c(C(=O)N2C3CCC2CC(Br)C3)c1. The van der Waals surface area contributed by atoms with E-state index in [0.717, 1.165) is 30.6 Å². The van der Waals surface area contributed by atoms with Crippen LogP contribution in [-0.4, -0.2) is 34.0 Å². The Bertz CT molecular complexity index is 525. The Kier molecular flexibility index (Phi) is 4.34. The minimum absolute atomic E-state index is 0.109. The Hall–Kier alpha value is -0.190. The maximum Gasteiger partial charge on any atom is 0.255 e. The number of amides is 1. The van der Waals surface area contributed by atoms with Crippen LogP contribution in [0, 0.1) is 0 Å². The molecule has 0 spiro atoms. The number of piperidine rings is 1. The van der Waals surface area contributed by atoms with Gasteiger partial charge in [-0.2, -0.15) is 0 Å². The summed E-state index contributed by atoms with van der Waals surface area (Å²) in [5.74, 6) is 0.109. The van der Waals surface area contributed by atoms with Crippen molar-refractivity contribution in [3.05, 3.63) is 28.8 Å². The van der Waals surface area contributed by atoms with Gasteiger partial charge in [-0.3, -0.25) is 4.79 Å². The molecule has 108 valence electrons. The number of halogens is 2. The number of carbonyl (C=O) groups is 1. The molecule has 0 aliphatic carbocycles. The van der Waals surface area contributed by atoms with E-state index < -0.39 is 0 Å². The molecule has 5 heteroatoms. The summed E-state index contributed by atoms with van der Waals surface area (Å²) >= 11 is 11.6. The largest absolute Gasteiger partial charge is 0.333 e. The maximum atomic E-state index is 12.9. The summed E-state index contributed by atoms with van der Waals surface area (Å²) < 4.78 is 0. The predicted molar refractivity (Wildman–Crippen MR) is 88.2 cm³/mol. The molecule has 2 aliphatic heterocycles. The summed E-state index contributed by atoms with van der Waals surface area (Å²) in [4.78, 5) is 16.6. The van der Waals surface area contributed by atoms with Crippen LogP contribution in [0.5, 0.6) is 0 Å². The first-order chi connectivity index (χ1) is 9.60. The lowest BCUT2D eigenvalue weighted by molar-refractivity contribution is 0.0603. The molecule has 1 amide bonds. The van der Waals surface area contributed by atoms with Crippen LogP contribution in [0.25, 0.3) is 0 Å². The average molecular weight is 375 g/mol. The van der Waals surface area contributed by atoms with Crippen LogP contribution in [0.4, 0.5) is 0 Å². The molecule has 0 N–H and O–H groups in total. The highest BCUT2D eigenvalue weighted by Gasteiger charge is 2.43. The average Bonchev–Trinajstić information content (AvgIpc) is 2.71. The van der Waals surface area contributed by atoms with Crippen molar-refractivity contribution in [3.8, 4) is 0 Å². The molecule has 2 fully saturated rings. The van der Waals surface area contributed by atoms with Gasteiger partial charge in [-0.15, -0.1) is 11.8 Å². The number of alkyl halides is 1. The van der Waals surface area contributed by atoms with Crippen molar-refractivity contribution in [1.29, 1.82) is 0 Å². The number of carbonyl (C=O) groups excluding carboxylic acids is 1. The van der Waals surface area contributed by atoms with Crippen LogP contribution in [0.1, 0.15) is 36.0 Å². The third-order valence-electron chi connectivity index (χ3n) is 4.31. The first kappa shape index (κ1) is 14.7. The van der Waals surface area contributed by atoms with Crippen LogP contribution >= 0.6 is 39.3 Å². The molecule has 1 aromatic carbocycles. The third-order valence-corrected chi connectivity index (χ3v) is 6.12. The van der Waals surface area contributed by atoms with Crippen molar-refractivity contribution in [1.82, 2.24) is 4.90 Å². The summed E-state index contributed by atoms with van der Waals surface area (Å²) in [5.41, 5.74) is 0.656. The van der Waals surface area contributed by atoms with E-state index in [9.17, 15) is 4.79 Å². The molecule has 2 atom stereocenters. The monoisotopic (exact) mass is 373 g/mol. The predicted octanol–water partition coefficient (Wildman–Crippen LogP) is 4.59. The van der Waals surface area contributed by atoms with Gasteiger partial charge in [0.15, 0.2) is 0 Å². The zero-order valence-electron chi connectivity index (χ0n) is 11.3. The van der Waals surface area contributed by atoms with Gasteiger partial charge in [0.2, 0.25) is 0 Å². The van der Waals surface area contributed by atoms with Gasteiger partial charge in [-0.25, -0.2) is 0 Å². The van der Waals surface area contributed by atoms with Crippen molar-refractivity contribution < 1.29 is 4.79 Å². The Balaban J connectivity index is 1.90. The van der Waals surface area contributed by atoms with E-state index in [2.05, 4.69) is 20.8 Å². The first-order valence-electron chi connectivity index (χ1n) is 6.90. The second-order valence-electron chi connectivity index (χ2n) is 5.51. The topological polar surface area (TPSA) is 20.3 Å². The van der Waals surface area contributed by atoms with E-state index in [0.29, 0.717) is 27.5 Å². The van der Waals surface area contributed by atoms with E-state index in [4.69, 9.17) is 11.6 Å². The molecule has 1 aromatic rings. The van der Waals surface area contributed by atoms with Crippen molar-refractivity contribution in [3.63, 3.8) is 0 Å². The molecule has 2 aliphatic rings. The number of fused-ring (bicyclic) bond motifs is 2. The summed E-state index contributed by atoms with van der Waals surface area (Å²) in [5, 5.41) is 0.563. The van der Waals surface area contributed by atoms with Gasteiger partial charge in [-0.05, 0) is 50.1 Å². The van der Waals surface area contributed by atoms with E-state index in [1.165, 1.54) is 0 Å². The zero-order chi connectivity index (χ0) is 14.3. The van der Waals surface area contributed by atoms with Gasteiger partial charge in [0, 0.05) is 21.8 Å². The highest BCUT2D eigenvalue weighted by atomic mass is 79.9. The molecule has 2 bridgehead atoms. The van der Waals surface area contributed by atoms with E-state index in [-0.39, 0.29) is 5.91 Å². The third kappa shape index (κ3) is 2.62. The van der Waals surface area contributed by atoms with Crippen LogP contribution in [0.2, 0.25) is 5.02 Å². The number of rotatable bonds is 2.